The number of hydrogen-bond acceptors (Lipinski definition) is 3. The molecule has 0 saturated carbocycles. The smallest absolute Gasteiger partial charge is 0.253 e. The molecule has 1 aliphatic rings. The molecule has 5 heteroatoms. The maximum Gasteiger partial charge on any atom is 0.253 e. The Labute approximate surface area is 117 Å². The molecule has 0 aromatic heterocycles. The molecule has 1 fully saturated rings. The molecule has 0 spiro atoms. The third-order valence-electron chi connectivity index (χ3n) is 3.34. The Bertz CT molecular complexity index is 527. The van der Waals surface area contributed by atoms with E-state index in [0.29, 0.717) is 24.9 Å². The van der Waals surface area contributed by atoms with E-state index in [1.807, 2.05) is 6.07 Å². The van der Waals surface area contributed by atoms with Crippen molar-refractivity contribution in [1.82, 2.24) is 9.80 Å². The van der Waals surface area contributed by atoms with Crippen molar-refractivity contribution in [1.29, 1.82) is 0 Å². The molecule has 1 aromatic carbocycles. The van der Waals surface area contributed by atoms with Gasteiger partial charge in [-0.25, -0.2) is 0 Å². The largest absolute Gasteiger partial charge is 0.334 e. The Kier molecular flexibility index (Phi) is 4.30. The maximum atomic E-state index is 12.3. The minimum Gasteiger partial charge on any atom is -0.334 e. The monoisotopic (exact) mass is 272 g/mol. The van der Waals surface area contributed by atoms with E-state index in [2.05, 4.69) is 6.58 Å². The lowest BCUT2D eigenvalue weighted by atomic mass is 10.1. The normalized spacial score (nSPS) is 18.5. The summed E-state index contributed by atoms with van der Waals surface area (Å²) in [5, 5.41) is 0. The number of carbonyl (C=O) groups is 3. The zero-order valence-corrected chi connectivity index (χ0v) is 11.1. The standard InChI is InChI=1S/C15H16N2O3/c1-2-14(19)17-9-8-16(10-13(17)11-18)15(20)12-6-4-3-5-7-12/h2-7,11,13H,1,8-10H2. The van der Waals surface area contributed by atoms with Crippen molar-refractivity contribution in [2.45, 2.75) is 6.04 Å². The highest BCUT2D eigenvalue weighted by atomic mass is 16.2. The van der Waals surface area contributed by atoms with Crippen LogP contribution in [0.1, 0.15) is 10.4 Å². The fraction of sp³-hybridized carbons (Fsp3) is 0.267. The molecule has 1 aromatic rings. The van der Waals surface area contributed by atoms with E-state index in [1.54, 1.807) is 29.2 Å². The molecule has 0 aliphatic carbocycles. The molecule has 5 nitrogen and oxygen atoms in total. The van der Waals surface area contributed by atoms with Gasteiger partial charge in [-0.15, -0.1) is 0 Å². The van der Waals surface area contributed by atoms with E-state index in [0.717, 1.165) is 0 Å². The van der Waals surface area contributed by atoms with Crippen LogP contribution in [0.5, 0.6) is 0 Å². The highest BCUT2D eigenvalue weighted by Crippen LogP contribution is 2.13. The molecular formula is C15H16N2O3. The number of carbonyl (C=O) groups excluding carboxylic acids is 3. The second kappa shape index (κ2) is 6.14. The van der Waals surface area contributed by atoms with Crippen molar-refractivity contribution in [2.24, 2.45) is 0 Å². The Hall–Kier alpha value is -2.43. The van der Waals surface area contributed by atoms with Crippen molar-refractivity contribution in [2.75, 3.05) is 19.6 Å². The Morgan fingerprint density at radius 3 is 2.50 bits per heavy atom. The number of hydrogen-bond donors (Lipinski definition) is 0. The molecule has 20 heavy (non-hydrogen) atoms. The molecule has 0 radical (unpaired) electrons. The van der Waals surface area contributed by atoms with Gasteiger partial charge in [-0.1, -0.05) is 24.8 Å². The van der Waals surface area contributed by atoms with Crippen LogP contribution >= 0.6 is 0 Å². The quantitative estimate of drug-likeness (QED) is 0.602. The lowest BCUT2D eigenvalue weighted by Gasteiger charge is -2.38. The number of amides is 2. The first-order chi connectivity index (χ1) is 9.67. The van der Waals surface area contributed by atoms with Crippen LogP contribution in [0.15, 0.2) is 43.0 Å². The molecule has 1 unspecified atom stereocenters. The number of piperazine rings is 1. The molecular weight excluding hydrogens is 256 g/mol. The average Bonchev–Trinajstić information content (AvgIpc) is 2.53. The molecule has 1 heterocycles. The van der Waals surface area contributed by atoms with E-state index < -0.39 is 6.04 Å². The first kappa shape index (κ1) is 14.0. The van der Waals surface area contributed by atoms with E-state index in [1.165, 1.54) is 11.0 Å². The minimum absolute atomic E-state index is 0.122. The summed E-state index contributed by atoms with van der Waals surface area (Å²) in [7, 11) is 0. The summed E-state index contributed by atoms with van der Waals surface area (Å²) in [6.45, 7) is 4.39. The van der Waals surface area contributed by atoms with Gasteiger partial charge in [0, 0.05) is 25.2 Å². The highest BCUT2D eigenvalue weighted by Gasteiger charge is 2.31. The van der Waals surface area contributed by atoms with Crippen molar-refractivity contribution in [3.05, 3.63) is 48.6 Å². The molecule has 0 N–H and O–H groups in total. The van der Waals surface area contributed by atoms with Gasteiger partial charge in [-0.2, -0.15) is 0 Å². The van der Waals surface area contributed by atoms with Crippen LogP contribution < -0.4 is 0 Å². The van der Waals surface area contributed by atoms with Crippen LogP contribution in [0.2, 0.25) is 0 Å². The SMILES string of the molecule is C=CC(=O)N1CCN(C(=O)c2ccccc2)CC1C=O. The lowest BCUT2D eigenvalue weighted by Crippen LogP contribution is -2.56. The fourth-order valence-corrected chi connectivity index (χ4v) is 2.27. The zero-order valence-electron chi connectivity index (χ0n) is 11.1. The van der Waals surface area contributed by atoms with Gasteiger partial charge in [0.1, 0.15) is 12.3 Å². The maximum absolute atomic E-state index is 12.3. The molecule has 0 bridgehead atoms. The molecule has 1 saturated heterocycles. The lowest BCUT2D eigenvalue weighted by molar-refractivity contribution is -0.134. The fourth-order valence-electron chi connectivity index (χ4n) is 2.27. The Balaban J connectivity index is 2.10. The molecule has 104 valence electrons. The van der Waals surface area contributed by atoms with E-state index in [4.69, 9.17) is 0 Å². The first-order valence-corrected chi connectivity index (χ1v) is 6.40. The summed E-state index contributed by atoms with van der Waals surface area (Å²) in [5.41, 5.74) is 0.584. The van der Waals surface area contributed by atoms with Crippen LogP contribution in [-0.4, -0.2) is 53.6 Å². The molecule has 1 atom stereocenters. The summed E-state index contributed by atoms with van der Waals surface area (Å²) < 4.78 is 0. The van der Waals surface area contributed by atoms with Crippen molar-refractivity contribution in [3.8, 4) is 0 Å². The third kappa shape index (κ3) is 2.77. The van der Waals surface area contributed by atoms with Gasteiger partial charge in [0.25, 0.3) is 5.91 Å². The zero-order chi connectivity index (χ0) is 14.5. The van der Waals surface area contributed by atoms with Gasteiger partial charge in [-0.05, 0) is 18.2 Å². The predicted octanol–water partition coefficient (Wildman–Crippen LogP) is 0.724. The third-order valence-corrected chi connectivity index (χ3v) is 3.34. The molecule has 2 amide bonds. The molecule has 2 rings (SSSR count). The number of rotatable bonds is 3. The number of nitrogens with zero attached hydrogens (tertiary/aromatic N) is 2. The van der Waals surface area contributed by atoms with Gasteiger partial charge in [0.05, 0.1) is 0 Å². The van der Waals surface area contributed by atoms with Crippen LogP contribution in [0.25, 0.3) is 0 Å². The Morgan fingerprint density at radius 2 is 1.90 bits per heavy atom. The summed E-state index contributed by atoms with van der Waals surface area (Å²) in [4.78, 5) is 38.1. The van der Waals surface area contributed by atoms with Gasteiger partial charge in [-0.3, -0.25) is 9.59 Å². The minimum atomic E-state index is -0.609. The van der Waals surface area contributed by atoms with Gasteiger partial charge >= 0.3 is 0 Å². The number of benzene rings is 1. The summed E-state index contributed by atoms with van der Waals surface area (Å²) in [6.07, 6.45) is 1.89. The van der Waals surface area contributed by atoms with E-state index in [-0.39, 0.29) is 18.4 Å². The predicted molar refractivity (Wildman–Crippen MR) is 74.1 cm³/mol. The van der Waals surface area contributed by atoms with Crippen molar-refractivity contribution in [3.63, 3.8) is 0 Å². The average molecular weight is 272 g/mol. The van der Waals surface area contributed by atoms with Crippen LogP contribution in [0, 0.1) is 0 Å². The van der Waals surface area contributed by atoms with Crippen molar-refractivity contribution < 1.29 is 14.4 Å². The summed E-state index contributed by atoms with van der Waals surface area (Å²) in [6, 6.07) is 8.29. The van der Waals surface area contributed by atoms with Crippen molar-refractivity contribution >= 4 is 18.1 Å². The van der Waals surface area contributed by atoms with Gasteiger partial charge in [0.15, 0.2) is 0 Å². The van der Waals surface area contributed by atoms with Crippen LogP contribution in [0.4, 0.5) is 0 Å². The van der Waals surface area contributed by atoms with Gasteiger partial charge in [0.2, 0.25) is 5.91 Å². The Morgan fingerprint density at radius 1 is 1.20 bits per heavy atom. The van der Waals surface area contributed by atoms with E-state index in [9.17, 15) is 14.4 Å². The molecule has 1 aliphatic heterocycles. The van der Waals surface area contributed by atoms with E-state index >= 15 is 0 Å². The highest BCUT2D eigenvalue weighted by molar-refractivity contribution is 5.95. The summed E-state index contributed by atoms with van der Waals surface area (Å²) >= 11 is 0. The van der Waals surface area contributed by atoms with Crippen LogP contribution in [-0.2, 0) is 9.59 Å². The van der Waals surface area contributed by atoms with Gasteiger partial charge < -0.3 is 14.6 Å². The topological polar surface area (TPSA) is 57.7 Å². The number of aldehydes is 1. The first-order valence-electron chi connectivity index (χ1n) is 6.40. The second-order valence-corrected chi connectivity index (χ2v) is 4.56. The summed E-state index contributed by atoms with van der Waals surface area (Å²) in [5.74, 6) is -0.405. The van der Waals surface area contributed by atoms with Crippen LogP contribution in [0.3, 0.4) is 0 Å². The second-order valence-electron chi connectivity index (χ2n) is 4.56.